The van der Waals surface area contributed by atoms with Crippen molar-refractivity contribution in [3.05, 3.63) is 0 Å². The van der Waals surface area contributed by atoms with Gasteiger partial charge in [0.2, 0.25) is 0 Å². The first-order valence-electron chi connectivity index (χ1n) is 8.58. The molecule has 0 bridgehead atoms. The molecule has 3 aliphatic rings. The summed E-state index contributed by atoms with van der Waals surface area (Å²) in [6.07, 6.45) is 11.6. The van der Waals surface area contributed by atoms with Crippen LogP contribution >= 0.6 is 0 Å². The predicted molar refractivity (Wildman–Crippen MR) is 82.5 cm³/mol. The van der Waals surface area contributed by atoms with Gasteiger partial charge in [-0.15, -0.1) is 0 Å². The van der Waals surface area contributed by atoms with Crippen LogP contribution in [0.2, 0.25) is 0 Å². The highest BCUT2D eigenvalue weighted by atomic mass is 16.5. The maximum Gasteiger partial charge on any atom is 0.143 e. The Morgan fingerprint density at radius 1 is 1.19 bits per heavy atom. The van der Waals surface area contributed by atoms with E-state index in [9.17, 15) is 0 Å². The fourth-order valence-electron chi connectivity index (χ4n) is 4.42. The van der Waals surface area contributed by atoms with Gasteiger partial charge in [-0.05, 0) is 45.1 Å². The van der Waals surface area contributed by atoms with E-state index in [0.29, 0.717) is 11.9 Å². The lowest BCUT2D eigenvalue weighted by atomic mass is 9.83. The van der Waals surface area contributed by atoms with E-state index >= 15 is 0 Å². The van der Waals surface area contributed by atoms with Crippen LogP contribution in [-0.4, -0.2) is 47.3 Å². The van der Waals surface area contributed by atoms with Crippen molar-refractivity contribution in [2.24, 2.45) is 16.8 Å². The zero-order valence-electron chi connectivity index (χ0n) is 13.0. The van der Waals surface area contributed by atoms with Crippen LogP contribution in [-0.2, 0) is 4.74 Å². The van der Waals surface area contributed by atoms with Crippen LogP contribution in [0.25, 0.3) is 0 Å². The average Bonchev–Trinajstić information content (AvgIpc) is 2.89. The minimum Gasteiger partial charge on any atom is -0.409 e. The molecular weight excluding hydrogens is 266 g/mol. The third-order valence-electron chi connectivity index (χ3n) is 5.60. The van der Waals surface area contributed by atoms with Gasteiger partial charge < -0.3 is 20.6 Å². The Hall–Kier alpha value is -0.810. The molecule has 0 aromatic carbocycles. The summed E-state index contributed by atoms with van der Waals surface area (Å²) < 4.78 is 6.46. The number of hydrogen-bond acceptors (Lipinski definition) is 4. The van der Waals surface area contributed by atoms with Crippen molar-refractivity contribution in [3.8, 4) is 0 Å². The number of rotatable bonds is 3. The summed E-state index contributed by atoms with van der Waals surface area (Å²) in [5.74, 6) is 0.588. The van der Waals surface area contributed by atoms with E-state index in [1.807, 2.05) is 0 Å². The van der Waals surface area contributed by atoms with Gasteiger partial charge in [-0.1, -0.05) is 24.4 Å². The highest BCUT2D eigenvalue weighted by Crippen LogP contribution is 2.42. The SMILES string of the molecule is NC(=NO)C1CCCN(CC2CCC3(CCCCC3)O2)C1. The monoisotopic (exact) mass is 295 g/mol. The van der Waals surface area contributed by atoms with Gasteiger partial charge in [-0.25, -0.2) is 0 Å². The van der Waals surface area contributed by atoms with Gasteiger partial charge in [-0.3, -0.25) is 0 Å². The number of piperidine rings is 1. The minimum atomic E-state index is 0.203. The van der Waals surface area contributed by atoms with Crippen LogP contribution < -0.4 is 5.73 Å². The molecule has 5 heteroatoms. The van der Waals surface area contributed by atoms with Crippen molar-refractivity contribution in [3.63, 3.8) is 0 Å². The van der Waals surface area contributed by atoms with Crippen molar-refractivity contribution < 1.29 is 9.94 Å². The second kappa shape index (κ2) is 6.53. The van der Waals surface area contributed by atoms with Crippen molar-refractivity contribution in [1.29, 1.82) is 0 Å². The molecule has 5 nitrogen and oxygen atoms in total. The number of oxime groups is 1. The molecule has 0 aromatic rings. The van der Waals surface area contributed by atoms with E-state index in [0.717, 1.165) is 32.5 Å². The first kappa shape index (κ1) is 15.1. The van der Waals surface area contributed by atoms with Crippen molar-refractivity contribution in [1.82, 2.24) is 4.90 Å². The summed E-state index contributed by atoms with van der Waals surface area (Å²) in [6, 6.07) is 0. The highest BCUT2D eigenvalue weighted by molar-refractivity contribution is 5.82. The zero-order chi connectivity index (χ0) is 14.7. The van der Waals surface area contributed by atoms with Crippen LogP contribution in [0.5, 0.6) is 0 Å². The van der Waals surface area contributed by atoms with E-state index in [1.165, 1.54) is 44.9 Å². The van der Waals surface area contributed by atoms with Crippen LogP contribution in [0.1, 0.15) is 57.8 Å². The molecule has 2 unspecified atom stereocenters. The smallest absolute Gasteiger partial charge is 0.143 e. The van der Waals surface area contributed by atoms with Crippen LogP contribution in [0, 0.1) is 5.92 Å². The zero-order valence-corrected chi connectivity index (χ0v) is 13.0. The fourth-order valence-corrected chi connectivity index (χ4v) is 4.42. The number of likely N-dealkylation sites (tertiary alicyclic amines) is 1. The van der Waals surface area contributed by atoms with Gasteiger partial charge in [0.05, 0.1) is 11.7 Å². The van der Waals surface area contributed by atoms with Crippen LogP contribution in [0.3, 0.4) is 0 Å². The summed E-state index contributed by atoms with van der Waals surface area (Å²) >= 11 is 0. The molecule has 2 atom stereocenters. The largest absolute Gasteiger partial charge is 0.409 e. The third-order valence-corrected chi connectivity index (χ3v) is 5.60. The topological polar surface area (TPSA) is 71.1 Å². The third kappa shape index (κ3) is 3.51. The van der Waals surface area contributed by atoms with Gasteiger partial charge >= 0.3 is 0 Å². The molecule has 21 heavy (non-hydrogen) atoms. The normalized spacial score (nSPS) is 34.4. The molecule has 0 radical (unpaired) electrons. The van der Waals surface area contributed by atoms with Gasteiger partial charge in [-0.2, -0.15) is 0 Å². The Bertz CT molecular complexity index is 380. The molecule has 0 aromatic heterocycles. The number of ether oxygens (including phenoxy) is 1. The molecular formula is C16H29N3O2. The molecule has 3 N–H and O–H groups in total. The Morgan fingerprint density at radius 3 is 2.76 bits per heavy atom. The number of amidine groups is 1. The summed E-state index contributed by atoms with van der Waals surface area (Å²) in [6.45, 7) is 3.03. The van der Waals surface area contributed by atoms with Crippen LogP contribution in [0.4, 0.5) is 0 Å². The van der Waals surface area contributed by atoms with Gasteiger partial charge in [0, 0.05) is 19.0 Å². The van der Waals surface area contributed by atoms with Gasteiger partial charge in [0.15, 0.2) is 0 Å². The summed E-state index contributed by atoms with van der Waals surface area (Å²) in [5.41, 5.74) is 5.98. The standard InChI is InChI=1S/C16H29N3O2/c17-15(18-20)13-5-4-10-19(11-13)12-14-6-9-16(21-14)7-2-1-3-8-16/h13-14,20H,1-12H2,(H2,17,18). The van der Waals surface area contributed by atoms with E-state index in [4.69, 9.17) is 15.7 Å². The number of hydrogen-bond donors (Lipinski definition) is 2. The summed E-state index contributed by atoms with van der Waals surface area (Å²) in [7, 11) is 0. The van der Waals surface area contributed by atoms with Crippen molar-refractivity contribution >= 4 is 5.84 Å². The van der Waals surface area contributed by atoms with Crippen molar-refractivity contribution in [2.75, 3.05) is 19.6 Å². The minimum absolute atomic E-state index is 0.203. The van der Waals surface area contributed by atoms with Gasteiger partial charge in [0.1, 0.15) is 5.84 Å². The Labute approximate surface area is 127 Å². The van der Waals surface area contributed by atoms with E-state index in [2.05, 4.69) is 10.1 Å². The van der Waals surface area contributed by atoms with E-state index in [-0.39, 0.29) is 11.5 Å². The average molecular weight is 295 g/mol. The quantitative estimate of drug-likeness (QED) is 0.363. The summed E-state index contributed by atoms with van der Waals surface area (Å²) in [4.78, 5) is 2.44. The fraction of sp³-hybridized carbons (Fsp3) is 0.938. The molecule has 1 saturated carbocycles. The summed E-state index contributed by atoms with van der Waals surface area (Å²) in [5, 5.41) is 12.0. The number of nitrogens with zero attached hydrogens (tertiary/aromatic N) is 2. The Kier molecular flexibility index (Phi) is 4.69. The second-order valence-corrected chi connectivity index (χ2v) is 7.15. The first-order valence-corrected chi connectivity index (χ1v) is 8.58. The molecule has 1 spiro atoms. The molecule has 2 aliphatic heterocycles. The molecule has 3 fully saturated rings. The van der Waals surface area contributed by atoms with E-state index < -0.39 is 0 Å². The lowest BCUT2D eigenvalue weighted by Gasteiger charge is -2.36. The van der Waals surface area contributed by atoms with Crippen LogP contribution in [0.15, 0.2) is 5.16 Å². The lowest BCUT2D eigenvalue weighted by molar-refractivity contribution is -0.0734. The molecule has 0 amide bonds. The lowest BCUT2D eigenvalue weighted by Crippen LogP contribution is -2.44. The molecule has 120 valence electrons. The highest BCUT2D eigenvalue weighted by Gasteiger charge is 2.41. The van der Waals surface area contributed by atoms with Crippen molar-refractivity contribution in [2.45, 2.75) is 69.5 Å². The first-order chi connectivity index (χ1) is 10.2. The molecule has 2 heterocycles. The maximum atomic E-state index is 8.84. The predicted octanol–water partition coefficient (Wildman–Crippen LogP) is 2.33. The Balaban J connectivity index is 1.50. The molecule has 1 aliphatic carbocycles. The van der Waals surface area contributed by atoms with Gasteiger partial charge in [0.25, 0.3) is 0 Å². The molecule has 2 saturated heterocycles. The Morgan fingerprint density at radius 2 is 2.00 bits per heavy atom. The maximum absolute atomic E-state index is 8.84. The number of nitrogens with two attached hydrogens (primary N) is 1. The second-order valence-electron chi connectivity index (χ2n) is 7.15. The molecule has 3 rings (SSSR count). The van der Waals surface area contributed by atoms with E-state index in [1.54, 1.807) is 0 Å².